The maximum Gasteiger partial charge on any atom is 0.254 e. The van der Waals surface area contributed by atoms with E-state index in [-0.39, 0.29) is 17.9 Å². The topological polar surface area (TPSA) is 67.9 Å². The van der Waals surface area contributed by atoms with Gasteiger partial charge in [-0.15, -0.1) is 11.3 Å². The number of fused-ring (bicyclic) bond motifs is 1. The highest BCUT2D eigenvalue weighted by Gasteiger charge is 2.44. The number of rotatable bonds is 10. The van der Waals surface area contributed by atoms with Crippen LogP contribution in [0.2, 0.25) is 0 Å². The molecular formula is C27H30N2O4S. The first-order valence-corrected chi connectivity index (χ1v) is 12.4. The summed E-state index contributed by atoms with van der Waals surface area (Å²) in [6.45, 7) is 3.92. The number of amides is 2. The Bertz CT molecular complexity index is 1100. The second-order valence-corrected chi connectivity index (χ2v) is 9.11. The predicted octanol–water partition coefficient (Wildman–Crippen LogP) is 4.43. The lowest BCUT2D eigenvalue weighted by Crippen LogP contribution is -2.48. The first-order valence-electron chi connectivity index (χ1n) is 11.6. The van der Waals surface area contributed by atoms with E-state index in [1.165, 1.54) is 0 Å². The lowest BCUT2D eigenvalue weighted by atomic mass is 9.81. The Hall–Kier alpha value is -3.16. The first-order chi connectivity index (χ1) is 16.6. The molecule has 2 heterocycles. The van der Waals surface area contributed by atoms with Crippen LogP contribution < -0.4 is 10.1 Å². The quantitative estimate of drug-likeness (QED) is 0.468. The number of benzene rings is 2. The smallest absolute Gasteiger partial charge is 0.254 e. The van der Waals surface area contributed by atoms with Crippen molar-refractivity contribution in [3.8, 4) is 5.75 Å². The zero-order chi connectivity index (χ0) is 23.9. The van der Waals surface area contributed by atoms with Crippen LogP contribution in [0.3, 0.4) is 0 Å². The zero-order valence-corrected chi connectivity index (χ0v) is 20.3. The summed E-state index contributed by atoms with van der Waals surface area (Å²) in [6.07, 6.45) is 0.711. The molecule has 178 valence electrons. The fraction of sp³-hybridized carbons (Fsp3) is 0.333. The van der Waals surface area contributed by atoms with Crippen LogP contribution in [0, 0.1) is 0 Å². The Morgan fingerprint density at radius 1 is 1.09 bits per heavy atom. The maximum absolute atomic E-state index is 13.6. The van der Waals surface area contributed by atoms with Gasteiger partial charge in [0, 0.05) is 30.6 Å². The van der Waals surface area contributed by atoms with E-state index < -0.39 is 5.92 Å². The van der Waals surface area contributed by atoms with Crippen molar-refractivity contribution < 1.29 is 19.1 Å². The van der Waals surface area contributed by atoms with Crippen molar-refractivity contribution in [1.82, 2.24) is 10.2 Å². The monoisotopic (exact) mass is 478 g/mol. The number of nitrogens with zero attached hydrogens (tertiary/aromatic N) is 1. The minimum absolute atomic E-state index is 0.0653. The summed E-state index contributed by atoms with van der Waals surface area (Å²) >= 11 is 1.56. The number of hydrogen-bond acceptors (Lipinski definition) is 5. The summed E-state index contributed by atoms with van der Waals surface area (Å²) < 4.78 is 10.8. The molecule has 0 saturated heterocycles. The van der Waals surface area contributed by atoms with E-state index in [0.29, 0.717) is 38.3 Å². The summed E-state index contributed by atoms with van der Waals surface area (Å²) in [6, 6.07) is 19.0. The van der Waals surface area contributed by atoms with Crippen LogP contribution in [0.4, 0.5) is 0 Å². The summed E-state index contributed by atoms with van der Waals surface area (Å²) in [5.74, 6) is 0.203. The summed E-state index contributed by atoms with van der Waals surface area (Å²) in [5, 5.41) is 5.11. The second-order valence-electron chi connectivity index (χ2n) is 8.13. The van der Waals surface area contributed by atoms with Crippen molar-refractivity contribution in [3.63, 3.8) is 0 Å². The van der Waals surface area contributed by atoms with Gasteiger partial charge in [0.25, 0.3) is 5.91 Å². The molecule has 0 spiro atoms. The van der Waals surface area contributed by atoms with Crippen LogP contribution in [0.25, 0.3) is 0 Å². The second kappa shape index (κ2) is 11.3. The maximum atomic E-state index is 13.6. The van der Waals surface area contributed by atoms with Gasteiger partial charge in [-0.2, -0.15) is 0 Å². The number of nitrogens with one attached hydrogen (secondary N) is 1. The van der Waals surface area contributed by atoms with E-state index in [0.717, 1.165) is 21.8 Å². The largest absolute Gasteiger partial charge is 0.494 e. The molecule has 0 radical (unpaired) electrons. The standard InChI is InChI=1S/C27H30N2O4S/c1-3-33-20-12-10-19(11-13-20)14-15-28-26(30)24-21-7-4-5-8-22(21)27(31)29(16-17-32-2)25(24)23-9-6-18-34-23/h4-13,18,24-25H,3,14-17H2,1-2H3,(H,28,30)/t24-,25+/m0/s1. The van der Waals surface area contributed by atoms with E-state index in [4.69, 9.17) is 9.47 Å². The van der Waals surface area contributed by atoms with Gasteiger partial charge in [0.2, 0.25) is 5.91 Å². The van der Waals surface area contributed by atoms with Gasteiger partial charge in [-0.1, -0.05) is 36.4 Å². The molecule has 6 nitrogen and oxygen atoms in total. The predicted molar refractivity (Wildman–Crippen MR) is 133 cm³/mol. The first kappa shape index (κ1) is 24.0. The Morgan fingerprint density at radius 2 is 1.88 bits per heavy atom. The number of thiophene rings is 1. The molecule has 2 aromatic carbocycles. The number of hydrogen-bond donors (Lipinski definition) is 1. The summed E-state index contributed by atoms with van der Waals surface area (Å²) in [4.78, 5) is 29.8. The molecule has 1 aliphatic rings. The van der Waals surface area contributed by atoms with E-state index in [1.807, 2.05) is 73.0 Å². The minimum Gasteiger partial charge on any atom is -0.494 e. The van der Waals surface area contributed by atoms with Gasteiger partial charge in [0.05, 0.1) is 25.2 Å². The van der Waals surface area contributed by atoms with Crippen LogP contribution in [0.15, 0.2) is 66.0 Å². The van der Waals surface area contributed by atoms with Gasteiger partial charge in [-0.3, -0.25) is 9.59 Å². The van der Waals surface area contributed by atoms with Gasteiger partial charge < -0.3 is 19.7 Å². The molecule has 1 aromatic heterocycles. The molecule has 1 aliphatic heterocycles. The number of carbonyl (C=O) groups is 2. The van der Waals surface area contributed by atoms with Gasteiger partial charge in [0.15, 0.2) is 0 Å². The highest BCUT2D eigenvalue weighted by Crippen LogP contribution is 2.44. The normalized spacial score (nSPS) is 17.4. The van der Waals surface area contributed by atoms with Crippen LogP contribution in [0.5, 0.6) is 5.75 Å². The molecule has 1 N–H and O–H groups in total. The Balaban J connectivity index is 1.57. The van der Waals surface area contributed by atoms with E-state index in [1.54, 1.807) is 23.3 Å². The molecule has 2 atom stereocenters. The van der Waals surface area contributed by atoms with E-state index in [2.05, 4.69) is 5.32 Å². The molecule has 0 bridgehead atoms. The summed E-state index contributed by atoms with van der Waals surface area (Å²) in [7, 11) is 1.62. The molecular weight excluding hydrogens is 448 g/mol. The van der Waals surface area contributed by atoms with Crippen molar-refractivity contribution in [1.29, 1.82) is 0 Å². The SMILES string of the molecule is CCOc1ccc(CCNC(=O)[C@H]2c3ccccc3C(=O)N(CCOC)[C@@H]2c2cccs2)cc1. The Kier molecular flexibility index (Phi) is 7.98. The van der Waals surface area contributed by atoms with Crippen molar-refractivity contribution in [3.05, 3.63) is 87.6 Å². The molecule has 3 aromatic rings. The molecule has 0 fully saturated rings. The third kappa shape index (κ3) is 5.16. The number of carbonyl (C=O) groups excluding carboxylic acids is 2. The average Bonchev–Trinajstić information content (AvgIpc) is 3.39. The molecule has 7 heteroatoms. The van der Waals surface area contributed by atoms with E-state index in [9.17, 15) is 9.59 Å². The van der Waals surface area contributed by atoms with Crippen molar-refractivity contribution in [2.24, 2.45) is 0 Å². The van der Waals surface area contributed by atoms with Gasteiger partial charge >= 0.3 is 0 Å². The van der Waals surface area contributed by atoms with Crippen molar-refractivity contribution >= 4 is 23.2 Å². The fourth-order valence-corrected chi connectivity index (χ4v) is 5.32. The Labute approximate surface area is 204 Å². The van der Waals surface area contributed by atoms with Crippen molar-refractivity contribution in [2.75, 3.05) is 33.4 Å². The third-order valence-electron chi connectivity index (χ3n) is 6.04. The third-order valence-corrected chi connectivity index (χ3v) is 6.98. The van der Waals surface area contributed by atoms with Gasteiger partial charge in [-0.25, -0.2) is 0 Å². The van der Waals surface area contributed by atoms with Crippen LogP contribution in [-0.2, 0) is 16.0 Å². The minimum atomic E-state index is -0.496. The average molecular weight is 479 g/mol. The van der Waals surface area contributed by atoms with Crippen LogP contribution in [-0.4, -0.2) is 50.1 Å². The molecule has 4 rings (SSSR count). The molecule has 2 amide bonds. The van der Waals surface area contributed by atoms with Crippen LogP contribution in [0.1, 0.15) is 45.2 Å². The fourth-order valence-electron chi connectivity index (χ4n) is 4.45. The Morgan fingerprint density at radius 3 is 2.59 bits per heavy atom. The zero-order valence-electron chi connectivity index (χ0n) is 19.5. The highest BCUT2D eigenvalue weighted by atomic mass is 32.1. The molecule has 0 saturated carbocycles. The lowest BCUT2D eigenvalue weighted by Gasteiger charge is -2.41. The summed E-state index contributed by atoms with van der Waals surface area (Å²) in [5.41, 5.74) is 2.48. The van der Waals surface area contributed by atoms with Crippen LogP contribution >= 0.6 is 11.3 Å². The highest BCUT2D eigenvalue weighted by molar-refractivity contribution is 7.10. The van der Waals surface area contributed by atoms with Crippen molar-refractivity contribution in [2.45, 2.75) is 25.3 Å². The lowest BCUT2D eigenvalue weighted by molar-refractivity contribution is -0.124. The molecule has 34 heavy (non-hydrogen) atoms. The number of methoxy groups -OCH3 is 1. The van der Waals surface area contributed by atoms with Gasteiger partial charge in [-0.05, 0) is 54.1 Å². The molecule has 0 aliphatic carbocycles. The van der Waals surface area contributed by atoms with Gasteiger partial charge in [0.1, 0.15) is 5.75 Å². The van der Waals surface area contributed by atoms with E-state index >= 15 is 0 Å². The molecule has 0 unspecified atom stereocenters. The number of ether oxygens (including phenoxy) is 2.